The lowest BCUT2D eigenvalue weighted by atomic mass is 10.4. The summed E-state index contributed by atoms with van der Waals surface area (Å²) in [4.78, 5) is 4.88. The number of hydrogen-bond acceptors (Lipinski definition) is 6. The Kier molecular flexibility index (Phi) is 3.41. The minimum absolute atomic E-state index is 0.559. The third-order valence-electron chi connectivity index (χ3n) is 1.88. The molecular weight excluding hydrogens is 212 g/mol. The average Bonchev–Trinajstić information content (AvgIpc) is 2.87. The first-order valence-electron chi connectivity index (χ1n) is 4.82. The van der Waals surface area contributed by atoms with Gasteiger partial charge in [0.2, 0.25) is 5.89 Å². The number of thiazole rings is 1. The molecule has 15 heavy (non-hydrogen) atoms. The largest absolute Gasteiger partial charge is 0.420 e. The summed E-state index contributed by atoms with van der Waals surface area (Å²) in [6.07, 6.45) is 2.49. The molecule has 0 saturated heterocycles. The number of nitrogens with one attached hydrogen (secondary N) is 1. The molecule has 2 aromatic heterocycles. The standard InChI is InChI=1S/C9H12N4OS/c1-2-10-4-3-8-12-13-9(14-8)7-5-11-6-15-7/h5-6,10H,2-4H2,1H3. The summed E-state index contributed by atoms with van der Waals surface area (Å²) < 4.78 is 5.48. The Bertz CT molecular complexity index is 398. The van der Waals surface area contributed by atoms with Crippen LogP contribution in [0, 0.1) is 0 Å². The van der Waals surface area contributed by atoms with Crippen molar-refractivity contribution in [3.8, 4) is 10.8 Å². The molecular formula is C9H12N4OS. The minimum Gasteiger partial charge on any atom is -0.420 e. The van der Waals surface area contributed by atoms with Gasteiger partial charge >= 0.3 is 0 Å². The Labute approximate surface area is 91.6 Å². The van der Waals surface area contributed by atoms with Crippen LogP contribution in [0.5, 0.6) is 0 Å². The summed E-state index contributed by atoms with van der Waals surface area (Å²) in [7, 11) is 0. The van der Waals surface area contributed by atoms with Crippen molar-refractivity contribution in [3.63, 3.8) is 0 Å². The number of rotatable bonds is 5. The molecule has 0 unspecified atom stereocenters. The summed E-state index contributed by atoms with van der Waals surface area (Å²) in [6, 6.07) is 0. The van der Waals surface area contributed by atoms with Crippen molar-refractivity contribution >= 4 is 11.3 Å². The highest BCUT2D eigenvalue weighted by molar-refractivity contribution is 7.13. The van der Waals surface area contributed by atoms with Crippen molar-refractivity contribution in [2.75, 3.05) is 13.1 Å². The van der Waals surface area contributed by atoms with Crippen molar-refractivity contribution in [2.24, 2.45) is 0 Å². The van der Waals surface area contributed by atoms with Crippen LogP contribution in [-0.4, -0.2) is 28.3 Å². The highest BCUT2D eigenvalue weighted by Crippen LogP contribution is 2.21. The molecule has 0 spiro atoms. The molecule has 2 rings (SSSR count). The molecule has 0 aliphatic carbocycles. The lowest BCUT2D eigenvalue weighted by Crippen LogP contribution is -2.16. The molecule has 80 valence electrons. The normalized spacial score (nSPS) is 10.7. The first-order chi connectivity index (χ1) is 7.40. The second-order valence-electron chi connectivity index (χ2n) is 2.97. The van der Waals surface area contributed by atoms with Crippen LogP contribution in [0.1, 0.15) is 12.8 Å². The molecule has 0 radical (unpaired) electrons. The predicted octanol–water partition coefficient (Wildman–Crippen LogP) is 1.35. The third kappa shape index (κ3) is 2.60. The smallest absolute Gasteiger partial charge is 0.259 e. The lowest BCUT2D eigenvalue weighted by Gasteiger charge is -1.95. The van der Waals surface area contributed by atoms with Gasteiger partial charge in [-0.3, -0.25) is 4.98 Å². The van der Waals surface area contributed by atoms with Crippen LogP contribution in [0.2, 0.25) is 0 Å². The topological polar surface area (TPSA) is 63.8 Å². The summed E-state index contributed by atoms with van der Waals surface area (Å²) in [5, 5.41) is 11.1. The highest BCUT2D eigenvalue weighted by atomic mass is 32.1. The predicted molar refractivity (Wildman–Crippen MR) is 57.7 cm³/mol. The van der Waals surface area contributed by atoms with Crippen LogP contribution in [0.15, 0.2) is 16.1 Å². The minimum atomic E-state index is 0.559. The zero-order chi connectivity index (χ0) is 10.5. The second kappa shape index (κ2) is 4.99. The maximum absolute atomic E-state index is 5.48. The summed E-state index contributed by atoms with van der Waals surface area (Å²) in [5.41, 5.74) is 1.75. The monoisotopic (exact) mass is 224 g/mol. The van der Waals surface area contributed by atoms with Crippen LogP contribution >= 0.6 is 11.3 Å². The molecule has 0 amide bonds. The van der Waals surface area contributed by atoms with Gasteiger partial charge < -0.3 is 9.73 Å². The van der Waals surface area contributed by atoms with Gasteiger partial charge in [-0.2, -0.15) is 0 Å². The summed E-state index contributed by atoms with van der Waals surface area (Å²) in [6.45, 7) is 3.88. The number of nitrogens with zero attached hydrogens (tertiary/aromatic N) is 3. The lowest BCUT2D eigenvalue weighted by molar-refractivity contribution is 0.497. The van der Waals surface area contributed by atoms with Crippen molar-refractivity contribution in [3.05, 3.63) is 17.6 Å². The molecule has 1 N–H and O–H groups in total. The van der Waals surface area contributed by atoms with E-state index in [0.29, 0.717) is 11.8 Å². The van der Waals surface area contributed by atoms with Crippen LogP contribution < -0.4 is 5.32 Å². The van der Waals surface area contributed by atoms with E-state index in [1.54, 1.807) is 11.7 Å². The maximum atomic E-state index is 5.48. The molecule has 6 heteroatoms. The molecule has 0 aliphatic rings. The van der Waals surface area contributed by atoms with Gasteiger partial charge in [-0.15, -0.1) is 21.5 Å². The average molecular weight is 224 g/mol. The van der Waals surface area contributed by atoms with E-state index in [1.807, 2.05) is 0 Å². The van der Waals surface area contributed by atoms with E-state index in [-0.39, 0.29) is 0 Å². The molecule has 2 heterocycles. The van der Waals surface area contributed by atoms with Gasteiger partial charge in [0.15, 0.2) is 0 Å². The van der Waals surface area contributed by atoms with Crippen molar-refractivity contribution in [1.29, 1.82) is 0 Å². The van der Waals surface area contributed by atoms with Gasteiger partial charge in [-0.1, -0.05) is 6.92 Å². The molecule has 0 atom stereocenters. The maximum Gasteiger partial charge on any atom is 0.259 e. The van der Waals surface area contributed by atoms with E-state index < -0.39 is 0 Å². The van der Waals surface area contributed by atoms with E-state index in [4.69, 9.17) is 4.42 Å². The Hall–Kier alpha value is -1.27. The quantitative estimate of drug-likeness (QED) is 0.776. The van der Waals surface area contributed by atoms with Gasteiger partial charge in [0.25, 0.3) is 5.89 Å². The van der Waals surface area contributed by atoms with Crippen molar-refractivity contribution in [2.45, 2.75) is 13.3 Å². The molecule has 0 bridgehead atoms. The van der Waals surface area contributed by atoms with E-state index in [2.05, 4.69) is 27.4 Å². The molecule has 5 nitrogen and oxygen atoms in total. The molecule has 0 aliphatic heterocycles. The van der Waals surface area contributed by atoms with E-state index in [0.717, 1.165) is 24.4 Å². The van der Waals surface area contributed by atoms with Crippen LogP contribution in [0.4, 0.5) is 0 Å². The van der Waals surface area contributed by atoms with Crippen molar-refractivity contribution < 1.29 is 4.42 Å². The van der Waals surface area contributed by atoms with E-state index >= 15 is 0 Å². The first-order valence-corrected chi connectivity index (χ1v) is 5.70. The molecule has 0 fully saturated rings. The fourth-order valence-electron chi connectivity index (χ4n) is 1.15. The first kappa shape index (κ1) is 10.3. The molecule has 0 aromatic carbocycles. The van der Waals surface area contributed by atoms with Gasteiger partial charge in [-0.25, -0.2) is 0 Å². The highest BCUT2D eigenvalue weighted by Gasteiger charge is 2.08. The zero-order valence-corrected chi connectivity index (χ0v) is 9.25. The zero-order valence-electron chi connectivity index (χ0n) is 8.43. The van der Waals surface area contributed by atoms with Crippen molar-refractivity contribution in [1.82, 2.24) is 20.5 Å². The Morgan fingerprint density at radius 3 is 3.13 bits per heavy atom. The fraction of sp³-hybridized carbons (Fsp3) is 0.444. The van der Waals surface area contributed by atoms with E-state index in [1.165, 1.54) is 11.3 Å². The Balaban J connectivity index is 1.98. The SMILES string of the molecule is CCNCCc1nnc(-c2cncs2)o1. The second-order valence-corrected chi connectivity index (χ2v) is 3.86. The number of aromatic nitrogens is 3. The van der Waals surface area contributed by atoms with Gasteiger partial charge in [0, 0.05) is 13.0 Å². The summed E-state index contributed by atoms with van der Waals surface area (Å²) >= 11 is 1.49. The van der Waals surface area contributed by atoms with Crippen LogP contribution in [0.25, 0.3) is 10.8 Å². The Morgan fingerprint density at radius 2 is 2.40 bits per heavy atom. The summed E-state index contributed by atoms with van der Waals surface area (Å²) in [5.74, 6) is 1.23. The van der Waals surface area contributed by atoms with Gasteiger partial charge in [0.05, 0.1) is 11.7 Å². The third-order valence-corrected chi connectivity index (χ3v) is 2.64. The van der Waals surface area contributed by atoms with Gasteiger partial charge in [0.1, 0.15) is 4.88 Å². The number of likely N-dealkylation sites (N-methyl/N-ethyl adjacent to an activating group) is 1. The fourth-order valence-corrected chi connectivity index (χ4v) is 1.69. The van der Waals surface area contributed by atoms with Crippen LogP contribution in [-0.2, 0) is 6.42 Å². The molecule has 2 aromatic rings. The van der Waals surface area contributed by atoms with Crippen LogP contribution in [0.3, 0.4) is 0 Å². The van der Waals surface area contributed by atoms with Gasteiger partial charge in [-0.05, 0) is 6.54 Å². The van der Waals surface area contributed by atoms with E-state index in [9.17, 15) is 0 Å². The molecule has 0 saturated carbocycles. The Morgan fingerprint density at radius 1 is 1.47 bits per heavy atom. The number of hydrogen-bond donors (Lipinski definition) is 1.